The van der Waals surface area contributed by atoms with Crippen LogP contribution in [0.4, 0.5) is 0 Å². The van der Waals surface area contributed by atoms with E-state index in [0.29, 0.717) is 15.2 Å². The second-order valence-electron chi connectivity index (χ2n) is 2.65. The van der Waals surface area contributed by atoms with E-state index >= 15 is 0 Å². The average molecular weight is 250 g/mol. The fourth-order valence-corrected chi connectivity index (χ4v) is 1.83. The smallest absolute Gasteiger partial charge is 0.282 e. The van der Waals surface area contributed by atoms with Crippen molar-refractivity contribution >= 4 is 40.1 Å². The molecule has 0 atom stereocenters. The molecule has 0 saturated heterocycles. The Morgan fingerprint density at radius 3 is 2.71 bits per heavy atom. The summed E-state index contributed by atoms with van der Waals surface area (Å²) in [4.78, 5) is 2.86. The minimum absolute atomic E-state index is 0.575. The van der Waals surface area contributed by atoms with Crippen molar-refractivity contribution in [2.75, 3.05) is 7.05 Å². The quantitative estimate of drug-likeness (QED) is 0.612. The van der Waals surface area contributed by atoms with Crippen LogP contribution in [0.2, 0.25) is 10.0 Å². The first kappa shape index (κ1) is 11.7. The summed E-state index contributed by atoms with van der Waals surface area (Å²) < 4.78 is 0. The van der Waals surface area contributed by atoms with Crippen LogP contribution in [-0.4, -0.2) is 12.2 Å². The Morgan fingerprint density at radius 2 is 2.14 bits per heavy atom. The van der Waals surface area contributed by atoms with Gasteiger partial charge in [-0.15, -0.1) is 0 Å². The zero-order valence-electron chi connectivity index (χ0n) is 7.68. The SMILES string of the molecule is C[NH+]=C(N)SCc1ccc(Cl)c(Cl)c1. The molecular formula is C9H11Cl2N2S+. The van der Waals surface area contributed by atoms with Gasteiger partial charge in [-0.25, -0.2) is 0 Å². The van der Waals surface area contributed by atoms with E-state index in [0.717, 1.165) is 11.3 Å². The average Bonchev–Trinajstić information content (AvgIpc) is 2.19. The summed E-state index contributed by atoms with van der Waals surface area (Å²) in [6.45, 7) is 0. The van der Waals surface area contributed by atoms with Gasteiger partial charge in [0.15, 0.2) is 0 Å². The van der Waals surface area contributed by atoms with Crippen molar-refractivity contribution in [3.63, 3.8) is 0 Å². The summed E-state index contributed by atoms with van der Waals surface area (Å²) in [6.07, 6.45) is 0. The summed E-state index contributed by atoms with van der Waals surface area (Å²) in [5.74, 6) is 0.781. The van der Waals surface area contributed by atoms with Gasteiger partial charge in [-0.05, 0) is 29.5 Å². The lowest BCUT2D eigenvalue weighted by atomic mass is 10.2. The number of halogens is 2. The second kappa shape index (κ2) is 5.49. The van der Waals surface area contributed by atoms with Crippen LogP contribution in [0.15, 0.2) is 18.2 Å². The molecule has 0 saturated carbocycles. The van der Waals surface area contributed by atoms with Gasteiger partial charge in [0, 0.05) is 5.75 Å². The molecule has 14 heavy (non-hydrogen) atoms. The fraction of sp³-hybridized carbons (Fsp3) is 0.222. The van der Waals surface area contributed by atoms with Crippen LogP contribution >= 0.6 is 35.0 Å². The third kappa shape index (κ3) is 3.40. The molecule has 0 fully saturated rings. The van der Waals surface area contributed by atoms with Crippen molar-refractivity contribution in [2.24, 2.45) is 5.73 Å². The number of hydrogen-bond donors (Lipinski definition) is 2. The number of nitrogens with one attached hydrogen (secondary N) is 1. The van der Waals surface area contributed by atoms with Crippen molar-refractivity contribution in [2.45, 2.75) is 5.75 Å². The Labute approximate surface area is 97.5 Å². The first-order valence-electron chi connectivity index (χ1n) is 4.00. The number of nitrogens with two attached hydrogens (primary N) is 1. The number of rotatable bonds is 2. The maximum Gasteiger partial charge on any atom is 0.302 e. The molecular weight excluding hydrogens is 239 g/mol. The summed E-state index contributed by atoms with van der Waals surface area (Å²) >= 11 is 13.2. The standard InChI is InChI=1S/C9H10Cl2N2S/c1-13-9(12)14-5-6-2-3-7(10)8(11)4-6/h2-4H,5H2,1H3,(H2,12,13)/p+1. The molecule has 1 rings (SSSR count). The van der Waals surface area contributed by atoms with E-state index < -0.39 is 0 Å². The molecule has 0 aliphatic carbocycles. The van der Waals surface area contributed by atoms with Gasteiger partial charge in [0.2, 0.25) is 0 Å². The third-order valence-electron chi connectivity index (χ3n) is 1.62. The lowest BCUT2D eigenvalue weighted by Gasteiger charge is -2.00. The van der Waals surface area contributed by atoms with Crippen LogP contribution in [0.3, 0.4) is 0 Å². The zero-order chi connectivity index (χ0) is 10.6. The molecule has 0 bridgehead atoms. The minimum atomic E-state index is 0.575. The fourth-order valence-electron chi connectivity index (χ4n) is 0.863. The van der Waals surface area contributed by atoms with Gasteiger partial charge in [0.25, 0.3) is 0 Å². The van der Waals surface area contributed by atoms with E-state index in [2.05, 4.69) is 4.99 Å². The Kier molecular flexibility index (Phi) is 4.58. The Bertz CT molecular complexity index is 353. The van der Waals surface area contributed by atoms with Crippen LogP contribution in [-0.2, 0) is 5.75 Å². The predicted molar refractivity (Wildman–Crippen MR) is 63.8 cm³/mol. The predicted octanol–water partition coefficient (Wildman–Crippen LogP) is 1.25. The second-order valence-corrected chi connectivity index (χ2v) is 4.48. The molecule has 1 aromatic carbocycles. The van der Waals surface area contributed by atoms with E-state index in [-0.39, 0.29) is 0 Å². The lowest BCUT2D eigenvalue weighted by molar-refractivity contribution is -0.417. The molecule has 1 aromatic rings. The van der Waals surface area contributed by atoms with E-state index in [4.69, 9.17) is 28.9 Å². The Balaban J connectivity index is 2.64. The molecule has 5 heteroatoms. The monoisotopic (exact) mass is 249 g/mol. The number of benzene rings is 1. The van der Waals surface area contributed by atoms with Gasteiger partial charge in [0.05, 0.1) is 17.1 Å². The topological polar surface area (TPSA) is 40.0 Å². The van der Waals surface area contributed by atoms with Crippen LogP contribution in [0.1, 0.15) is 5.56 Å². The minimum Gasteiger partial charge on any atom is -0.282 e. The Morgan fingerprint density at radius 1 is 1.43 bits per heavy atom. The van der Waals surface area contributed by atoms with Crippen molar-refractivity contribution in [1.29, 1.82) is 0 Å². The van der Waals surface area contributed by atoms with Crippen LogP contribution in [0.5, 0.6) is 0 Å². The van der Waals surface area contributed by atoms with Gasteiger partial charge in [-0.3, -0.25) is 10.7 Å². The van der Waals surface area contributed by atoms with Crippen LogP contribution in [0, 0.1) is 0 Å². The molecule has 3 N–H and O–H groups in total. The van der Waals surface area contributed by atoms with Gasteiger partial charge in [0.1, 0.15) is 0 Å². The van der Waals surface area contributed by atoms with Crippen molar-refractivity contribution < 1.29 is 4.99 Å². The number of amidine groups is 1. The summed E-state index contributed by atoms with van der Waals surface area (Å²) in [6, 6.07) is 5.57. The van der Waals surface area contributed by atoms with Crippen LogP contribution in [0.25, 0.3) is 0 Å². The van der Waals surface area contributed by atoms with Crippen molar-refractivity contribution in [3.05, 3.63) is 33.8 Å². The molecule has 0 aromatic heterocycles. The maximum atomic E-state index is 5.87. The first-order valence-corrected chi connectivity index (χ1v) is 5.74. The Hall–Kier alpha value is -0.380. The maximum absolute atomic E-state index is 5.87. The highest BCUT2D eigenvalue weighted by Crippen LogP contribution is 2.24. The molecule has 0 aliphatic rings. The molecule has 2 nitrogen and oxygen atoms in total. The molecule has 0 amide bonds. The van der Waals surface area contributed by atoms with Crippen molar-refractivity contribution in [3.8, 4) is 0 Å². The summed E-state index contributed by atoms with van der Waals surface area (Å²) in [5, 5.41) is 1.84. The van der Waals surface area contributed by atoms with Crippen molar-refractivity contribution in [1.82, 2.24) is 0 Å². The van der Waals surface area contributed by atoms with E-state index in [9.17, 15) is 0 Å². The summed E-state index contributed by atoms with van der Waals surface area (Å²) in [7, 11) is 1.79. The highest BCUT2D eigenvalue weighted by molar-refractivity contribution is 8.12. The van der Waals surface area contributed by atoms with E-state index in [1.807, 2.05) is 12.1 Å². The summed E-state index contributed by atoms with van der Waals surface area (Å²) in [5.41, 5.74) is 6.70. The van der Waals surface area contributed by atoms with Gasteiger partial charge >= 0.3 is 5.17 Å². The molecule has 0 aliphatic heterocycles. The molecule has 0 heterocycles. The molecule has 76 valence electrons. The lowest BCUT2D eigenvalue weighted by Crippen LogP contribution is -2.69. The molecule has 0 spiro atoms. The third-order valence-corrected chi connectivity index (χ3v) is 3.36. The first-order chi connectivity index (χ1) is 6.63. The van der Waals surface area contributed by atoms with Gasteiger partial charge in [-0.1, -0.05) is 29.3 Å². The highest BCUT2D eigenvalue weighted by Gasteiger charge is 2.02. The van der Waals surface area contributed by atoms with Crippen LogP contribution < -0.4 is 10.7 Å². The number of hydrogen-bond acceptors (Lipinski definition) is 1. The number of thioether (sulfide) groups is 1. The zero-order valence-corrected chi connectivity index (χ0v) is 10.0. The highest BCUT2D eigenvalue weighted by atomic mass is 35.5. The normalized spacial score (nSPS) is 11.8. The van der Waals surface area contributed by atoms with Gasteiger partial charge < -0.3 is 0 Å². The van der Waals surface area contributed by atoms with E-state index in [1.54, 1.807) is 13.1 Å². The molecule has 0 radical (unpaired) electrons. The van der Waals surface area contributed by atoms with Gasteiger partial charge in [-0.2, -0.15) is 0 Å². The van der Waals surface area contributed by atoms with E-state index in [1.165, 1.54) is 11.8 Å². The molecule has 0 unspecified atom stereocenters. The largest absolute Gasteiger partial charge is 0.302 e.